The maximum Gasteiger partial charge on any atom is 0.288 e. The van der Waals surface area contributed by atoms with Gasteiger partial charge in [0.2, 0.25) is 0 Å². The van der Waals surface area contributed by atoms with Crippen LogP contribution in [0.5, 0.6) is 17.2 Å². The smallest absolute Gasteiger partial charge is 0.288 e. The molecule has 2 saturated heterocycles. The number of likely N-dealkylation sites (tertiary alicyclic amines) is 1. The molecule has 1 amide bonds. The zero-order chi connectivity index (χ0) is 46.8. The van der Waals surface area contributed by atoms with Crippen molar-refractivity contribution >= 4 is 50.1 Å². The van der Waals surface area contributed by atoms with Crippen LogP contribution in [0.4, 0.5) is 15.8 Å². The number of benzene rings is 3. The molecule has 5 aromatic rings. The van der Waals surface area contributed by atoms with Gasteiger partial charge >= 0.3 is 0 Å². The predicted molar refractivity (Wildman–Crippen MR) is 257 cm³/mol. The molecule has 354 valence electrons. The highest BCUT2D eigenvalue weighted by molar-refractivity contribution is 8.00. The molecule has 5 heterocycles. The van der Waals surface area contributed by atoms with Gasteiger partial charge in [-0.05, 0) is 123 Å². The van der Waals surface area contributed by atoms with Gasteiger partial charge in [0, 0.05) is 60.5 Å². The van der Waals surface area contributed by atoms with Crippen molar-refractivity contribution in [2.24, 2.45) is 16.7 Å². The second-order valence-electron chi connectivity index (χ2n) is 20.6. The van der Waals surface area contributed by atoms with Crippen LogP contribution < -0.4 is 19.1 Å². The quantitative estimate of drug-likeness (QED) is 0.0958. The number of pyridine rings is 1. The van der Waals surface area contributed by atoms with Crippen LogP contribution in [-0.4, -0.2) is 71.6 Å². The molecular weight excluding hydrogens is 892 g/mol. The Hall–Kier alpha value is -5.19. The molecule has 5 aliphatic rings. The number of halogens is 1. The second kappa shape index (κ2) is 17.7. The molecule has 2 atom stereocenters. The van der Waals surface area contributed by atoms with Gasteiger partial charge in [-0.2, -0.15) is 0 Å². The molecule has 3 aliphatic heterocycles. The number of fused-ring (bicyclic) bond motifs is 2. The number of carbonyl (C=O) groups is 1. The Morgan fingerprint density at radius 3 is 2.54 bits per heavy atom. The van der Waals surface area contributed by atoms with Crippen molar-refractivity contribution in [2.45, 2.75) is 125 Å². The predicted octanol–water partition coefficient (Wildman–Crippen LogP) is 11.3. The van der Waals surface area contributed by atoms with Gasteiger partial charge in [0.1, 0.15) is 40.2 Å². The molecule has 67 heavy (non-hydrogen) atoms. The number of aromatic amines is 1. The highest BCUT2D eigenvalue weighted by Crippen LogP contribution is 2.55. The number of nitrogens with zero attached hydrogens (tertiary/aromatic N) is 4. The number of carbonyl (C=O) groups excluding carboxylic acids is 1. The standard InChI is InChI=1S/C51H59FN6O7S2/c1-31(2)37-8-5-6-9-38(37)42-10-7-19-57(42)34-26-51(27-34)17-20-56(21-18-51)33-11-12-39(44(22-33)65-35-23-40-41(52)29-54-48(40)53-28-35)49(59)55-67(62,63)36-24-43(58(60)61)47-45(25-36)64-30-46(66-47)32-13-15-50(3,4)16-14-32/h5-6,8-9,11-12,22-25,28-29,31-32,34,42,46H,7,10,13-21,26-27,30H2,1-4H3,(H,53,54)(H,55,59)/t42-,46?/m1/s1. The largest absolute Gasteiger partial charge is 0.491 e. The summed E-state index contributed by atoms with van der Waals surface area (Å²) >= 11 is 1.37. The molecular formula is C51H59FN6O7S2. The number of thioether (sulfide) groups is 1. The molecule has 4 fully saturated rings. The number of sulfonamides is 1. The number of amides is 1. The lowest BCUT2D eigenvalue weighted by molar-refractivity contribution is -0.388. The van der Waals surface area contributed by atoms with E-state index >= 15 is 0 Å². The van der Waals surface area contributed by atoms with Crippen molar-refractivity contribution in [2.75, 3.05) is 31.1 Å². The van der Waals surface area contributed by atoms with Crippen LogP contribution in [-0.2, 0) is 10.0 Å². The van der Waals surface area contributed by atoms with E-state index in [0.717, 1.165) is 69.9 Å². The van der Waals surface area contributed by atoms with E-state index in [1.54, 1.807) is 12.1 Å². The Morgan fingerprint density at radius 1 is 1.03 bits per heavy atom. The summed E-state index contributed by atoms with van der Waals surface area (Å²) in [4.78, 5) is 37.9. The van der Waals surface area contributed by atoms with Gasteiger partial charge in [-0.25, -0.2) is 22.5 Å². The Balaban J connectivity index is 0.863. The maximum absolute atomic E-state index is 14.7. The van der Waals surface area contributed by atoms with Crippen LogP contribution in [0, 0.1) is 32.7 Å². The summed E-state index contributed by atoms with van der Waals surface area (Å²) in [6, 6.07) is 18.7. The molecule has 3 aromatic carbocycles. The molecule has 2 aliphatic carbocycles. The molecule has 2 aromatic heterocycles. The minimum atomic E-state index is -4.67. The van der Waals surface area contributed by atoms with Crippen molar-refractivity contribution in [3.63, 3.8) is 0 Å². The summed E-state index contributed by atoms with van der Waals surface area (Å²) in [5.41, 5.74) is 4.08. The van der Waals surface area contributed by atoms with E-state index in [1.807, 2.05) is 0 Å². The number of H-pyrrole nitrogens is 1. The fraction of sp³-hybridized carbons (Fsp3) is 0.490. The molecule has 2 saturated carbocycles. The van der Waals surface area contributed by atoms with Gasteiger partial charge in [-0.15, -0.1) is 11.8 Å². The highest BCUT2D eigenvalue weighted by Gasteiger charge is 2.50. The summed E-state index contributed by atoms with van der Waals surface area (Å²) in [7, 11) is -4.67. The SMILES string of the molecule is CC(C)c1ccccc1[C@H]1CCCN1C1CC2(CCN(c3ccc(C(=O)NS(=O)(=O)c4cc5c(c([N+](=O)[O-])c4)SC(C4CCC(C)(C)CC4)CO5)c(Oc4cnc5[nH]cc(F)c5c4)c3)CC2)C1. The van der Waals surface area contributed by atoms with Gasteiger partial charge in [0.05, 0.1) is 27.0 Å². The Bertz CT molecular complexity index is 2830. The molecule has 10 rings (SSSR count). The molecule has 1 unspecified atom stereocenters. The molecule has 13 nitrogen and oxygen atoms in total. The van der Waals surface area contributed by atoms with Crippen molar-refractivity contribution in [3.05, 3.63) is 106 Å². The lowest BCUT2D eigenvalue weighted by Crippen LogP contribution is -2.54. The number of anilines is 1. The van der Waals surface area contributed by atoms with Crippen molar-refractivity contribution in [1.82, 2.24) is 19.6 Å². The van der Waals surface area contributed by atoms with Gasteiger partial charge in [-0.1, -0.05) is 52.0 Å². The van der Waals surface area contributed by atoms with Crippen LogP contribution >= 0.6 is 11.8 Å². The van der Waals surface area contributed by atoms with E-state index in [1.165, 1.54) is 79.2 Å². The first-order valence-corrected chi connectivity index (χ1v) is 26.1. The number of hydrogen-bond acceptors (Lipinski definition) is 11. The maximum atomic E-state index is 14.7. The van der Waals surface area contributed by atoms with E-state index in [9.17, 15) is 27.7 Å². The van der Waals surface area contributed by atoms with Crippen LogP contribution in [0.1, 0.15) is 125 Å². The third kappa shape index (κ3) is 9.01. The van der Waals surface area contributed by atoms with Crippen molar-refractivity contribution < 1.29 is 32.0 Å². The van der Waals surface area contributed by atoms with Crippen molar-refractivity contribution in [3.8, 4) is 17.2 Å². The third-order valence-electron chi connectivity index (χ3n) is 15.5. The van der Waals surface area contributed by atoms with E-state index in [2.05, 4.69) is 76.5 Å². The van der Waals surface area contributed by atoms with Crippen LogP contribution in [0.3, 0.4) is 0 Å². The van der Waals surface area contributed by atoms with E-state index < -0.39 is 37.3 Å². The topological polar surface area (TPSA) is 160 Å². The number of nitrogens with one attached hydrogen (secondary N) is 2. The summed E-state index contributed by atoms with van der Waals surface area (Å²) in [5, 5.41) is 12.6. The normalized spacial score (nSPS) is 22.1. The van der Waals surface area contributed by atoms with Crippen LogP contribution in [0.25, 0.3) is 11.0 Å². The lowest BCUT2D eigenvalue weighted by Gasteiger charge is -2.56. The average Bonchev–Trinajstić information content (AvgIpc) is 3.94. The minimum absolute atomic E-state index is 0.00133. The lowest BCUT2D eigenvalue weighted by atomic mass is 9.59. The van der Waals surface area contributed by atoms with Gasteiger partial charge in [0.25, 0.3) is 21.6 Å². The van der Waals surface area contributed by atoms with E-state index in [4.69, 9.17) is 9.47 Å². The molecule has 1 spiro atoms. The van der Waals surface area contributed by atoms with Gasteiger partial charge < -0.3 is 19.4 Å². The minimum Gasteiger partial charge on any atom is -0.491 e. The first-order valence-electron chi connectivity index (χ1n) is 23.8. The Kier molecular flexibility index (Phi) is 12.1. The fourth-order valence-corrected chi connectivity index (χ4v) is 13.9. The number of piperidine rings is 1. The number of aromatic nitrogens is 2. The molecule has 0 bridgehead atoms. The fourth-order valence-electron chi connectivity index (χ4n) is 11.5. The second-order valence-corrected chi connectivity index (χ2v) is 23.6. The molecule has 2 N–H and O–H groups in total. The van der Waals surface area contributed by atoms with Crippen LogP contribution in [0.2, 0.25) is 0 Å². The third-order valence-corrected chi connectivity index (χ3v) is 18.3. The summed E-state index contributed by atoms with van der Waals surface area (Å²) in [5.74, 6) is -0.443. The highest BCUT2D eigenvalue weighted by atomic mass is 32.2. The molecule has 0 radical (unpaired) electrons. The van der Waals surface area contributed by atoms with E-state index in [-0.39, 0.29) is 49.2 Å². The summed E-state index contributed by atoms with van der Waals surface area (Å²) < 4.78 is 57.1. The van der Waals surface area contributed by atoms with Gasteiger partial charge in [-0.3, -0.25) is 19.8 Å². The average molecular weight is 951 g/mol. The number of nitro benzene ring substituents is 1. The molecule has 16 heteroatoms. The number of nitro groups is 1. The van der Waals surface area contributed by atoms with E-state index in [0.29, 0.717) is 36.2 Å². The first-order chi connectivity index (χ1) is 32.1. The number of rotatable bonds is 11. The van der Waals surface area contributed by atoms with Gasteiger partial charge in [0.15, 0.2) is 0 Å². The first kappa shape index (κ1) is 45.6. The summed E-state index contributed by atoms with van der Waals surface area (Å²) in [6.07, 6.45) is 13.5. The Labute approximate surface area is 395 Å². The summed E-state index contributed by atoms with van der Waals surface area (Å²) in [6.45, 7) is 12.1. The zero-order valence-electron chi connectivity index (χ0n) is 38.6. The Morgan fingerprint density at radius 2 is 1.79 bits per heavy atom. The van der Waals surface area contributed by atoms with Crippen LogP contribution in [0.15, 0.2) is 82.8 Å². The number of ether oxygens (including phenoxy) is 2. The van der Waals surface area contributed by atoms with Crippen molar-refractivity contribution in [1.29, 1.82) is 0 Å². The number of hydrogen-bond donors (Lipinski definition) is 2. The zero-order valence-corrected chi connectivity index (χ0v) is 40.2. The monoisotopic (exact) mass is 950 g/mol.